The molecule has 2 fully saturated rings. The Labute approximate surface area is 211 Å². The normalized spacial score (nSPS) is 20.1. The first-order valence-electron chi connectivity index (χ1n) is 12.4. The number of nitrogens with one attached hydrogen (secondary N) is 3. The zero-order valence-electron chi connectivity index (χ0n) is 19.8. The number of carbonyl (C=O) groups excluding carboxylic acids is 1. The predicted molar refractivity (Wildman–Crippen MR) is 140 cm³/mol. The van der Waals surface area contributed by atoms with Gasteiger partial charge in [-0.1, -0.05) is 24.2 Å². The van der Waals surface area contributed by atoms with E-state index in [0.717, 1.165) is 48.9 Å². The summed E-state index contributed by atoms with van der Waals surface area (Å²) in [6.07, 6.45) is 9.74. The van der Waals surface area contributed by atoms with Gasteiger partial charge in [-0.3, -0.25) is 4.79 Å². The molecule has 4 aromatic rings. The number of carbonyl (C=O) groups is 1. The molecular weight excluding hydrogens is 478 g/mol. The molecule has 0 bridgehead atoms. The topological polar surface area (TPSA) is 155 Å². The highest BCUT2D eigenvalue weighted by Crippen LogP contribution is 2.44. The van der Waals surface area contributed by atoms with Crippen molar-refractivity contribution in [3.05, 3.63) is 35.8 Å². The van der Waals surface area contributed by atoms with Crippen LogP contribution in [0.4, 0.5) is 16.6 Å². The number of amides is 1. The van der Waals surface area contributed by atoms with E-state index in [2.05, 4.69) is 26.0 Å². The van der Waals surface area contributed by atoms with E-state index in [9.17, 15) is 4.79 Å². The number of rotatable bonds is 8. The van der Waals surface area contributed by atoms with Crippen LogP contribution in [0.25, 0.3) is 16.0 Å². The highest BCUT2D eigenvalue weighted by molar-refractivity contribution is 7.22. The molecule has 0 saturated heterocycles. The lowest BCUT2D eigenvalue weighted by atomic mass is 9.91. The van der Waals surface area contributed by atoms with E-state index >= 15 is 0 Å². The number of aromatic nitrogens is 5. The van der Waals surface area contributed by atoms with Crippen molar-refractivity contribution in [1.29, 1.82) is 0 Å². The van der Waals surface area contributed by atoms with Gasteiger partial charge in [-0.05, 0) is 37.8 Å². The molecule has 2 saturated carbocycles. The minimum atomic E-state index is -0.282. The van der Waals surface area contributed by atoms with Crippen LogP contribution in [0.15, 0.2) is 24.5 Å². The molecule has 2 atom stereocenters. The van der Waals surface area contributed by atoms with Crippen LogP contribution in [-0.2, 0) is 0 Å². The number of aliphatic hydroxyl groups excluding tert-OH is 1. The number of hydrogen-bond donors (Lipinski definition) is 5. The molecule has 0 radical (unpaired) electrons. The number of nitrogens with zero attached hydrogens (tertiary/aromatic N) is 5. The Bertz CT molecular complexity index is 1410. The van der Waals surface area contributed by atoms with Crippen LogP contribution in [0, 0.1) is 0 Å². The van der Waals surface area contributed by atoms with Crippen molar-refractivity contribution >= 4 is 49.9 Å². The van der Waals surface area contributed by atoms with Crippen molar-refractivity contribution in [1.82, 2.24) is 24.6 Å². The lowest BCUT2D eigenvalue weighted by Gasteiger charge is -2.29. The Morgan fingerprint density at radius 3 is 2.86 bits per heavy atom. The number of pyridine rings is 1. The Hall–Kier alpha value is -3.35. The van der Waals surface area contributed by atoms with Crippen LogP contribution >= 0.6 is 11.3 Å². The van der Waals surface area contributed by atoms with Gasteiger partial charge in [0.1, 0.15) is 11.4 Å². The predicted octanol–water partition coefficient (Wildman–Crippen LogP) is 2.95. The molecule has 12 heteroatoms. The standard InChI is InChI=1S/C24H29N9O2S/c25-15-3-1-2-4-16(15)28-19-7-9-33-22(30-19)14(12-27-33)23(35)29-17-11-18-21(31-20(17)13-5-6-13)32-24(36-18)26-8-10-34/h7,9,11-13,15-16,34H,1-6,8,10,25H2,(H,28,30)(H,29,35)(H,26,31,32)/t15-,16?/m0/s1. The van der Waals surface area contributed by atoms with Crippen LogP contribution < -0.4 is 21.7 Å². The quantitative estimate of drug-likeness (QED) is 0.242. The zero-order chi connectivity index (χ0) is 24.6. The third-order valence-corrected chi connectivity index (χ3v) is 7.73. The lowest BCUT2D eigenvalue weighted by molar-refractivity contribution is 0.102. The summed E-state index contributed by atoms with van der Waals surface area (Å²) in [5.41, 5.74) is 9.36. The van der Waals surface area contributed by atoms with Crippen LogP contribution in [0.5, 0.6) is 0 Å². The maximum atomic E-state index is 13.4. The minimum Gasteiger partial charge on any atom is -0.395 e. The molecule has 2 aliphatic carbocycles. The second kappa shape index (κ2) is 9.60. The lowest BCUT2D eigenvalue weighted by Crippen LogP contribution is -2.42. The van der Waals surface area contributed by atoms with Crippen LogP contribution in [0.1, 0.15) is 60.5 Å². The van der Waals surface area contributed by atoms with E-state index in [4.69, 9.17) is 20.8 Å². The van der Waals surface area contributed by atoms with Crippen molar-refractivity contribution in [2.75, 3.05) is 29.1 Å². The highest BCUT2D eigenvalue weighted by Gasteiger charge is 2.30. The second-order valence-electron chi connectivity index (χ2n) is 9.48. The SMILES string of the molecule is N[C@H]1CCCCC1Nc1ccn2ncc(C(=O)Nc3cc4sc(NCCO)nc4nc3C3CC3)c2n1. The van der Waals surface area contributed by atoms with Crippen LogP contribution in [-0.4, -0.2) is 60.8 Å². The van der Waals surface area contributed by atoms with Crippen molar-refractivity contribution < 1.29 is 9.90 Å². The van der Waals surface area contributed by atoms with Crippen LogP contribution in [0.2, 0.25) is 0 Å². The largest absolute Gasteiger partial charge is 0.395 e. The van der Waals surface area contributed by atoms with E-state index in [1.807, 2.05) is 12.1 Å². The van der Waals surface area contributed by atoms with Gasteiger partial charge in [0.15, 0.2) is 16.4 Å². The number of nitrogens with two attached hydrogens (primary N) is 1. The summed E-state index contributed by atoms with van der Waals surface area (Å²) >= 11 is 1.44. The molecule has 188 valence electrons. The molecule has 11 nitrogen and oxygen atoms in total. The summed E-state index contributed by atoms with van der Waals surface area (Å²) < 4.78 is 2.47. The van der Waals surface area contributed by atoms with Crippen molar-refractivity contribution in [2.24, 2.45) is 5.73 Å². The highest BCUT2D eigenvalue weighted by atomic mass is 32.1. The van der Waals surface area contributed by atoms with E-state index in [1.165, 1.54) is 11.3 Å². The van der Waals surface area contributed by atoms with Gasteiger partial charge in [-0.25, -0.2) is 19.5 Å². The third-order valence-electron chi connectivity index (χ3n) is 6.78. The average molecular weight is 508 g/mol. The first-order chi connectivity index (χ1) is 17.6. The maximum Gasteiger partial charge on any atom is 0.261 e. The molecule has 36 heavy (non-hydrogen) atoms. The van der Waals surface area contributed by atoms with Gasteiger partial charge in [-0.2, -0.15) is 5.10 Å². The van der Waals surface area contributed by atoms with Crippen molar-refractivity contribution in [2.45, 2.75) is 56.5 Å². The molecule has 6 rings (SSSR count). The summed E-state index contributed by atoms with van der Waals surface area (Å²) in [6, 6.07) is 4.06. The van der Waals surface area contributed by atoms with Gasteiger partial charge in [0.25, 0.3) is 5.91 Å². The van der Waals surface area contributed by atoms with Crippen molar-refractivity contribution in [3.63, 3.8) is 0 Å². The molecular formula is C24H29N9O2S. The summed E-state index contributed by atoms with van der Waals surface area (Å²) in [7, 11) is 0. The summed E-state index contributed by atoms with van der Waals surface area (Å²) in [5.74, 6) is 0.724. The molecule has 0 aromatic carbocycles. The molecule has 4 aromatic heterocycles. The van der Waals surface area contributed by atoms with E-state index in [1.54, 1.807) is 16.9 Å². The number of thiazole rings is 1. The maximum absolute atomic E-state index is 13.4. The Balaban J connectivity index is 1.27. The minimum absolute atomic E-state index is 0.0242. The fourth-order valence-corrected chi connectivity index (χ4v) is 5.59. The molecule has 1 unspecified atom stereocenters. The van der Waals surface area contributed by atoms with E-state index in [0.29, 0.717) is 46.0 Å². The molecule has 0 spiro atoms. The smallest absolute Gasteiger partial charge is 0.261 e. The molecule has 0 aliphatic heterocycles. The van der Waals surface area contributed by atoms with Gasteiger partial charge in [0, 0.05) is 30.7 Å². The summed E-state index contributed by atoms with van der Waals surface area (Å²) in [5, 5.41) is 23.7. The van der Waals surface area contributed by atoms with Gasteiger partial charge in [0.05, 0.1) is 28.9 Å². The number of aliphatic hydroxyl groups is 1. The molecule has 2 aliphatic rings. The second-order valence-corrected chi connectivity index (χ2v) is 10.5. The molecule has 1 amide bonds. The number of anilines is 3. The first kappa shape index (κ1) is 23.1. The third kappa shape index (κ3) is 4.59. The van der Waals surface area contributed by atoms with Gasteiger partial charge >= 0.3 is 0 Å². The average Bonchev–Trinajstić information content (AvgIpc) is 3.51. The Morgan fingerprint density at radius 2 is 2.06 bits per heavy atom. The van der Waals surface area contributed by atoms with E-state index < -0.39 is 0 Å². The molecule has 6 N–H and O–H groups in total. The van der Waals surface area contributed by atoms with Gasteiger partial charge in [0.2, 0.25) is 0 Å². The van der Waals surface area contributed by atoms with Crippen LogP contribution in [0.3, 0.4) is 0 Å². The monoisotopic (exact) mass is 507 g/mol. The van der Waals surface area contributed by atoms with Gasteiger partial charge in [-0.15, -0.1) is 0 Å². The fourth-order valence-electron chi connectivity index (χ4n) is 4.71. The summed E-state index contributed by atoms with van der Waals surface area (Å²) in [6.45, 7) is 0.445. The number of fused-ring (bicyclic) bond motifs is 2. The summed E-state index contributed by atoms with van der Waals surface area (Å²) in [4.78, 5) is 27.4. The van der Waals surface area contributed by atoms with E-state index in [-0.39, 0.29) is 24.6 Å². The molecule has 4 heterocycles. The van der Waals surface area contributed by atoms with Crippen molar-refractivity contribution in [3.8, 4) is 0 Å². The fraction of sp³-hybridized carbons (Fsp3) is 0.458. The number of hydrogen-bond acceptors (Lipinski definition) is 10. The first-order valence-corrected chi connectivity index (χ1v) is 13.2. The Kier molecular flexibility index (Phi) is 6.15. The van der Waals surface area contributed by atoms with Gasteiger partial charge < -0.3 is 26.8 Å². The zero-order valence-corrected chi connectivity index (χ0v) is 20.6. The Morgan fingerprint density at radius 1 is 1.19 bits per heavy atom.